The van der Waals surface area contributed by atoms with Crippen LogP contribution in [0.3, 0.4) is 0 Å². The second-order valence-corrected chi connectivity index (χ2v) is 2.13. The summed E-state index contributed by atoms with van der Waals surface area (Å²) in [6.45, 7) is 4.65. The number of amides is 1. The summed E-state index contributed by atoms with van der Waals surface area (Å²) in [6, 6.07) is 0. The van der Waals surface area contributed by atoms with Gasteiger partial charge < -0.3 is 4.90 Å². The summed E-state index contributed by atoms with van der Waals surface area (Å²) >= 11 is 0. The zero-order valence-electron chi connectivity index (χ0n) is 6.29. The number of nitrogens with zero attached hydrogens (tertiary/aromatic N) is 1. The Hall–Kier alpha value is -1.05. The molecule has 0 aromatic heterocycles. The van der Waals surface area contributed by atoms with Gasteiger partial charge in [0.2, 0.25) is 0 Å². The Morgan fingerprint density at radius 3 is 2.70 bits per heavy atom. The first-order valence-electron chi connectivity index (χ1n) is 3.45. The van der Waals surface area contributed by atoms with E-state index in [0.717, 1.165) is 12.2 Å². The van der Waals surface area contributed by atoms with Crippen LogP contribution < -0.4 is 0 Å². The molecular weight excluding hydrogens is 126 g/mol. The summed E-state index contributed by atoms with van der Waals surface area (Å²) in [6.07, 6.45) is 5.37. The van der Waals surface area contributed by atoms with E-state index >= 15 is 0 Å². The smallest absolute Gasteiger partial charge is 0.251 e. The van der Waals surface area contributed by atoms with Gasteiger partial charge in [-0.2, -0.15) is 0 Å². The van der Waals surface area contributed by atoms with Crippen LogP contribution in [0.4, 0.5) is 0 Å². The first kappa shape index (κ1) is 7.06. The molecule has 2 heteroatoms. The number of hydrogen-bond donors (Lipinski definition) is 0. The highest BCUT2D eigenvalue weighted by Crippen LogP contribution is 2.13. The lowest BCUT2D eigenvalue weighted by molar-refractivity contribution is -0.123. The molecule has 0 aliphatic carbocycles. The van der Waals surface area contributed by atoms with Crippen LogP contribution >= 0.6 is 0 Å². The van der Waals surface area contributed by atoms with Crippen molar-refractivity contribution >= 4 is 5.91 Å². The second kappa shape index (κ2) is 2.69. The number of likely N-dealkylation sites (N-methyl/N-ethyl adjacent to an activating group) is 1. The lowest BCUT2D eigenvalue weighted by Crippen LogP contribution is -2.23. The van der Waals surface area contributed by atoms with Gasteiger partial charge in [-0.25, -0.2) is 0 Å². The fourth-order valence-electron chi connectivity index (χ4n) is 1.05. The van der Waals surface area contributed by atoms with E-state index < -0.39 is 0 Å². The topological polar surface area (TPSA) is 20.3 Å². The van der Waals surface area contributed by atoms with Gasteiger partial charge in [0.1, 0.15) is 0 Å². The summed E-state index contributed by atoms with van der Waals surface area (Å²) in [5.74, 6) is 0.0931. The highest BCUT2D eigenvalue weighted by atomic mass is 16.2. The fourth-order valence-corrected chi connectivity index (χ4v) is 1.05. The molecule has 0 aromatic rings. The largest absolute Gasteiger partial charge is 0.309 e. The van der Waals surface area contributed by atoms with Gasteiger partial charge >= 0.3 is 0 Å². The van der Waals surface area contributed by atoms with Gasteiger partial charge in [0, 0.05) is 18.3 Å². The Kier molecular flexibility index (Phi) is 1.90. The van der Waals surface area contributed by atoms with Crippen LogP contribution in [-0.2, 0) is 4.79 Å². The molecular formula is C8H11NO. The van der Waals surface area contributed by atoms with Crippen molar-refractivity contribution in [1.29, 1.82) is 0 Å². The van der Waals surface area contributed by atoms with E-state index in [1.807, 2.05) is 26.0 Å². The summed E-state index contributed by atoms with van der Waals surface area (Å²) < 4.78 is 0. The Labute approximate surface area is 60.8 Å². The van der Waals surface area contributed by atoms with Crippen LogP contribution in [0.2, 0.25) is 0 Å². The first-order valence-corrected chi connectivity index (χ1v) is 3.45. The molecule has 0 bridgehead atoms. The zero-order valence-corrected chi connectivity index (χ0v) is 6.29. The molecule has 0 spiro atoms. The molecule has 0 fully saturated rings. The maximum atomic E-state index is 11.0. The molecule has 1 aliphatic rings. The molecule has 1 rings (SSSR count). The predicted octanol–water partition coefficient (Wildman–Crippen LogP) is 1.31. The van der Waals surface area contributed by atoms with Crippen molar-refractivity contribution in [3.05, 3.63) is 23.9 Å². The molecule has 1 heterocycles. The third kappa shape index (κ3) is 0.967. The summed E-state index contributed by atoms with van der Waals surface area (Å²) in [5, 5.41) is 0. The third-order valence-electron chi connectivity index (χ3n) is 1.59. The van der Waals surface area contributed by atoms with Crippen LogP contribution in [0.15, 0.2) is 23.9 Å². The maximum absolute atomic E-state index is 11.0. The van der Waals surface area contributed by atoms with E-state index in [1.165, 1.54) is 0 Å². The molecule has 0 radical (unpaired) electrons. The van der Waals surface area contributed by atoms with Crippen molar-refractivity contribution in [2.75, 3.05) is 6.54 Å². The van der Waals surface area contributed by atoms with E-state index in [9.17, 15) is 4.79 Å². The molecule has 0 aromatic carbocycles. The maximum Gasteiger partial charge on any atom is 0.251 e. The average molecular weight is 137 g/mol. The minimum absolute atomic E-state index is 0.0931. The Balaban J connectivity index is 2.81. The first-order chi connectivity index (χ1) is 4.79. The van der Waals surface area contributed by atoms with Gasteiger partial charge in [0.15, 0.2) is 0 Å². The highest BCUT2D eigenvalue weighted by Gasteiger charge is 2.16. The predicted molar refractivity (Wildman–Crippen MR) is 40.3 cm³/mol. The molecule has 54 valence electrons. The van der Waals surface area contributed by atoms with Crippen molar-refractivity contribution in [3.63, 3.8) is 0 Å². The monoisotopic (exact) mass is 137 g/mol. The van der Waals surface area contributed by atoms with Gasteiger partial charge in [-0.15, -0.1) is 0 Å². The Bertz CT molecular complexity index is 203. The van der Waals surface area contributed by atoms with Gasteiger partial charge in [-0.05, 0) is 19.9 Å². The van der Waals surface area contributed by atoms with E-state index in [0.29, 0.717) is 0 Å². The van der Waals surface area contributed by atoms with Crippen LogP contribution in [0.1, 0.15) is 13.8 Å². The molecule has 0 saturated heterocycles. The van der Waals surface area contributed by atoms with E-state index in [1.54, 1.807) is 11.0 Å². The lowest BCUT2D eigenvalue weighted by atomic mass is 10.4. The van der Waals surface area contributed by atoms with Crippen molar-refractivity contribution < 1.29 is 4.79 Å². The van der Waals surface area contributed by atoms with Crippen molar-refractivity contribution in [2.45, 2.75) is 13.8 Å². The minimum Gasteiger partial charge on any atom is -0.309 e. The van der Waals surface area contributed by atoms with Gasteiger partial charge in [-0.3, -0.25) is 4.79 Å². The molecule has 0 N–H and O–H groups in total. The summed E-state index contributed by atoms with van der Waals surface area (Å²) in [5.41, 5.74) is 1.01. The zero-order chi connectivity index (χ0) is 7.56. The van der Waals surface area contributed by atoms with Crippen molar-refractivity contribution in [3.8, 4) is 0 Å². The average Bonchev–Trinajstić information content (AvgIpc) is 2.30. The molecule has 0 atom stereocenters. The standard InChI is InChI=1S/C8H11NO/c1-3-7-5-6-8(10)9(7)4-2/h3,5-6H,4H2,1-2H3. The minimum atomic E-state index is 0.0931. The molecule has 2 nitrogen and oxygen atoms in total. The van der Waals surface area contributed by atoms with Crippen LogP contribution in [0, 0.1) is 0 Å². The molecule has 1 aliphatic heterocycles. The highest BCUT2D eigenvalue weighted by molar-refractivity contribution is 5.93. The SMILES string of the molecule is CC=C1C=CC(=O)N1CC. The van der Waals surface area contributed by atoms with Crippen LogP contribution in [0.25, 0.3) is 0 Å². The Morgan fingerprint density at radius 2 is 2.30 bits per heavy atom. The summed E-state index contributed by atoms with van der Waals surface area (Å²) in [4.78, 5) is 12.7. The second-order valence-electron chi connectivity index (χ2n) is 2.13. The normalized spacial score (nSPS) is 21.2. The van der Waals surface area contributed by atoms with Gasteiger partial charge in [-0.1, -0.05) is 6.08 Å². The van der Waals surface area contributed by atoms with Gasteiger partial charge in [0.05, 0.1) is 0 Å². The van der Waals surface area contributed by atoms with E-state index in [-0.39, 0.29) is 5.91 Å². The molecule has 0 saturated carbocycles. The lowest BCUT2D eigenvalue weighted by Gasteiger charge is -2.14. The molecule has 1 amide bonds. The third-order valence-corrected chi connectivity index (χ3v) is 1.59. The summed E-state index contributed by atoms with van der Waals surface area (Å²) in [7, 11) is 0. The molecule has 0 unspecified atom stereocenters. The number of rotatable bonds is 1. The Morgan fingerprint density at radius 1 is 1.60 bits per heavy atom. The fraction of sp³-hybridized carbons (Fsp3) is 0.375. The van der Waals surface area contributed by atoms with E-state index in [2.05, 4.69) is 0 Å². The van der Waals surface area contributed by atoms with Crippen LogP contribution in [-0.4, -0.2) is 17.4 Å². The van der Waals surface area contributed by atoms with E-state index in [4.69, 9.17) is 0 Å². The quantitative estimate of drug-likeness (QED) is 0.533. The van der Waals surface area contributed by atoms with Crippen molar-refractivity contribution in [1.82, 2.24) is 4.90 Å². The number of carbonyl (C=O) groups is 1. The number of hydrogen-bond acceptors (Lipinski definition) is 1. The van der Waals surface area contributed by atoms with Crippen LogP contribution in [0.5, 0.6) is 0 Å². The number of allylic oxidation sites excluding steroid dienone is 2. The van der Waals surface area contributed by atoms with Gasteiger partial charge in [0.25, 0.3) is 5.91 Å². The van der Waals surface area contributed by atoms with Crippen molar-refractivity contribution in [2.24, 2.45) is 0 Å². The molecule has 10 heavy (non-hydrogen) atoms. The number of carbonyl (C=O) groups excluding carboxylic acids is 1.